The average Bonchev–Trinajstić information content (AvgIpc) is 2.69. The summed E-state index contributed by atoms with van der Waals surface area (Å²) < 4.78 is 10.8. The van der Waals surface area contributed by atoms with Gasteiger partial charge in [-0.2, -0.15) is 0 Å². The molecule has 1 atom stereocenters. The molecule has 1 aliphatic rings. The summed E-state index contributed by atoms with van der Waals surface area (Å²) in [4.78, 5) is 15.2. The Morgan fingerprint density at radius 2 is 1.93 bits per heavy atom. The number of morpholine rings is 1. The molecule has 1 saturated heterocycles. The summed E-state index contributed by atoms with van der Waals surface area (Å²) in [6.45, 7) is 6.03. The zero-order valence-electron chi connectivity index (χ0n) is 16.4. The summed E-state index contributed by atoms with van der Waals surface area (Å²) in [7, 11) is 1.60. The van der Waals surface area contributed by atoms with Crippen LogP contribution in [0.3, 0.4) is 0 Å². The molecule has 0 unspecified atom stereocenters. The highest BCUT2D eigenvalue weighted by Gasteiger charge is 2.21. The number of halogens is 1. The van der Waals surface area contributed by atoms with Gasteiger partial charge in [0.1, 0.15) is 5.75 Å². The van der Waals surface area contributed by atoms with E-state index in [-0.39, 0.29) is 18.4 Å². The van der Waals surface area contributed by atoms with Gasteiger partial charge >= 0.3 is 0 Å². The van der Waals surface area contributed by atoms with Crippen LogP contribution >= 0.6 is 11.6 Å². The van der Waals surface area contributed by atoms with Gasteiger partial charge in [0.15, 0.2) is 0 Å². The Kier molecular flexibility index (Phi) is 7.31. The van der Waals surface area contributed by atoms with E-state index in [0.717, 1.165) is 44.0 Å². The molecule has 1 aliphatic heterocycles. The fourth-order valence-corrected chi connectivity index (χ4v) is 3.57. The molecule has 0 saturated carbocycles. The van der Waals surface area contributed by atoms with Gasteiger partial charge in [0.25, 0.3) is 0 Å². The minimum Gasteiger partial charge on any atom is -0.496 e. The number of carbonyl (C=O) groups excluding carboxylic acids is 1. The molecule has 2 aromatic rings. The zero-order chi connectivity index (χ0) is 19.9. The van der Waals surface area contributed by atoms with Gasteiger partial charge in [-0.3, -0.25) is 9.69 Å². The van der Waals surface area contributed by atoms with Crippen molar-refractivity contribution in [2.75, 3.05) is 40.0 Å². The predicted molar refractivity (Wildman–Crippen MR) is 111 cm³/mol. The molecule has 0 spiro atoms. The van der Waals surface area contributed by atoms with Crippen LogP contribution in [0.4, 0.5) is 0 Å². The lowest BCUT2D eigenvalue weighted by molar-refractivity contribution is -0.121. The van der Waals surface area contributed by atoms with E-state index in [2.05, 4.69) is 41.4 Å². The minimum absolute atomic E-state index is 0.0561. The number of ether oxygens (including phenoxy) is 2. The Balaban J connectivity index is 1.73. The Bertz CT molecular complexity index is 789. The number of methoxy groups -OCH3 is 1. The van der Waals surface area contributed by atoms with Gasteiger partial charge in [-0.05, 0) is 30.7 Å². The van der Waals surface area contributed by atoms with Crippen LogP contribution in [0.15, 0.2) is 42.5 Å². The van der Waals surface area contributed by atoms with E-state index in [1.807, 2.05) is 0 Å². The largest absolute Gasteiger partial charge is 0.496 e. The lowest BCUT2D eigenvalue weighted by Gasteiger charge is -2.31. The monoisotopic (exact) mass is 402 g/mol. The third kappa shape index (κ3) is 5.71. The van der Waals surface area contributed by atoms with Crippen LogP contribution in [0, 0.1) is 6.92 Å². The molecule has 0 bridgehead atoms. The second kappa shape index (κ2) is 9.92. The van der Waals surface area contributed by atoms with Gasteiger partial charge in [0.05, 0.1) is 32.8 Å². The first kappa shape index (κ1) is 20.6. The van der Waals surface area contributed by atoms with E-state index in [4.69, 9.17) is 21.1 Å². The fraction of sp³-hybridized carbons (Fsp3) is 0.409. The topological polar surface area (TPSA) is 50.8 Å². The number of rotatable bonds is 7. The van der Waals surface area contributed by atoms with Crippen molar-refractivity contribution in [3.63, 3.8) is 0 Å². The van der Waals surface area contributed by atoms with Crippen LogP contribution in [-0.2, 0) is 16.0 Å². The number of nitrogens with zero attached hydrogens (tertiary/aromatic N) is 1. The Morgan fingerprint density at radius 1 is 1.21 bits per heavy atom. The summed E-state index contributed by atoms with van der Waals surface area (Å²) in [6, 6.07) is 13.6. The molecule has 6 heteroatoms. The third-order valence-electron chi connectivity index (χ3n) is 4.95. The van der Waals surface area contributed by atoms with Crippen LogP contribution in [0.2, 0.25) is 5.02 Å². The van der Waals surface area contributed by atoms with Crippen LogP contribution in [-0.4, -0.2) is 50.8 Å². The van der Waals surface area contributed by atoms with E-state index in [1.54, 1.807) is 25.3 Å². The van der Waals surface area contributed by atoms with E-state index >= 15 is 0 Å². The van der Waals surface area contributed by atoms with Crippen molar-refractivity contribution in [2.24, 2.45) is 0 Å². The highest BCUT2D eigenvalue weighted by Crippen LogP contribution is 2.24. The molecule has 1 fully saturated rings. The van der Waals surface area contributed by atoms with Crippen molar-refractivity contribution >= 4 is 17.5 Å². The highest BCUT2D eigenvalue weighted by molar-refractivity contribution is 6.30. The fourth-order valence-electron chi connectivity index (χ4n) is 3.38. The molecular weight excluding hydrogens is 376 g/mol. The molecule has 2 aromatic carbocycles. The summed E-state index contributed by atoms with van der Waals surface area (Å²) >= 11 is 6.10. The summed E-state index contributed by atoms with van der Waals surface area (Å²) in [6.07, 6.45) is 0.217. The number of hydrogen-bond acceptors (Lipinski definition) is 4. The van der Waals surface area contributed by atoms with Gasteiger partial charge in [-0.15, -0.1) is 0 Å². The van der Waals surface area contributed by atoms with Gasteiger partial charge in [0, 0.05) is 30.2 Å². The summed E-state index contributed by atoms with van der Waals surface area (Å²) in [5.74, 6) is 0.610. The maximum Gasteiger partial charge on any atom is 0.225 e. The molecular formula is C22H27ClN2O3. The molecule has 1 N–H and O–H groups in total. The number of nitrogens with one attached hydrogen (secondary N) is 1. The first-order valence-corrected chi connectivity index (χ1v) is 9.91. The Hall–Kier alpha value is -2.08. The number of carbonyl (C=O) groups is 1. The molecule has 1 heterocycles. The van der Waals surface area contributed by atoms with Crippen LogP contribution in [0.1, 0.15) is 22.7 Å². The number of benzene rings is 2. The molecule has 150 valence electrons. The predicted octanol–water partition coefficient (Wildman–Crippen LogP) is 3.39. The third-order valence-corrected chi connectivity index (χ3v) is 5.19. The Labute approximate surface area is 171 Å². The zero-order valence-corrected chi connectivity index (χ0v) is 17.2. The smallest absolute Gasteiger partial charge is 0.225 e. The second-order valence-electron chi connectivity index (χ2n) is 7.08. The standard InChI is InChI=1S/C22H27ClN2O3/c1-16-3-5-17(6-4-16)20(15-25-9-11-28-12-10-25)24-22(26)14-18-13-19(23)7-8-21(18)27-2/h3-8,13,20H,9-12,14-15H2,1-2H3,(H,24,26)/t20-/m0/s1. The first-order valence-electron chi connectivity index (χ1n) is 9.53. The molecule has 5 nitrogen and oxygen atoms in total. The molecule has 3 rings (SSSR count). The SMILES string of the molecule is COc1ccc(Cl)cc1CC(=O)N[C@@H](CN1CCOCC1)c1ccc(C)cc1. The maximum atomic E-state index is 12.8. The van der Waals surface area contributed by atoms with Crippen molar-refractivity contribution in [3.8, 4) is 5.75 Å². The van der Waals surface area contributed by atoms with Gasteiger partial charge in [0.2, 0.25) is 5.91 Å². The normalized spacial score (nSPS) is 15.8. The van der Waals surface area contributed by atoms with Crippen molar-refractivity contribution in [3.05, 3.63) is 64.2 Å². The molecule has 0 aliphatic carbocycles. The minimum atomic E-state index is -0.0867. The van der Waals surface area contributed by atoms with Crippen molar-refractivity contribution < 1.29 is 14.3 Å². The first-order chi connectivity index (χ1) is 13.5. The molecule has 28 heavy (non-hydrogen) atoms. The van der Waals surface area contributed by atoms with Gasteiger partial charge in [-0.25, -0.2) is 0 Å². The molecule has 0 aromatic heterocycles. The lowest BCUT2D eigenvalue weighted by atomic mass is 10.0. The van der Waals surface area contributed by atoms with E-state index in [0.29, 0.717) is 10.8 Å². The van der Waals surface area contributed by atoms with Gasteiger partial charge < -0.3 is 14.8 Å². The summed E-state index contributed by atoms with van der Waals surface area (Å²) in [5, 5.41) is 3.79. The van der Waals surface area contributed by atoms with Crippen LogP contribution in [0.5, 0.6) is 5.75 Å². The lowest BCUT2D eigenvalue weighted by Crippen LogP contribution is -2.43. The van der Waals surface area contributed by atoms with Crippen molar-refractivity contribution in [1.29, 1.82) is 0 Å². The number of aryl methyl sites for hydroxylation is 1. The van der Waals surface area contributed by atoms with Crippen LogP contribution in [0.25, 0.3) is 0 Å². The molecule has 0 radical (unpaired) electrons. The van der Waals surface area contributed by atoms with E-state index in [9.17, 15) is 4.79 Å². The van der Waals surface area contributed by atoms with Crippen LogP contribution < -0.4 is 10.1 Å². The molecule has 1 amide bonds. The van der Waals surface area contributed by atoms with Crippen molar-refractivity contribution in [1.82, 2.24) is 10.2 Å². The summed E-state index contributed by atoms with van der Waals surface area (Å²) in [5.41, 5.74) is 3.08. The average molecular weight is 403 g/mol. The second-order valence-corrected chi connectivity index (χ2v) is 7.51. The Morgan fingerprint density at radius 3 is 2.61 bits per heavy atom. The van der Waals surface area contributed by atoms with E-state index < -0.39 is 0 Å². The number of amides is 1. The quantitative estimate of drug-likeness (QED) is 0.771. The van der Waals surface area contributed by atoms with Crippen molar-refractivity contribution in [2.45, 2.75) is 19.4 Å². The maximum absolute atomic E-state index is 12.8. The highest BCUT2D eigenvalue weighted by atomic mass is 35.5. The van der Waals surface area contributed by atoms with E-state index in [1.165, 1.54) is 5.56 Å². The van der Waals surface area contributed by atoms with Gasteiger partial charge in [-0.1, -0.05) is 41.4 Å². The number of hydrogen-bond donors (Lipinski definition) is 1.